The van der Waals surface area contributed by atoms with E-state index in [0.717, 1.165) is 22.8 Å². The van der Waals surface area contributed by atoms with Gasteiger partial charge in [0.2, 0.25) is 0 Å². The highest BCUT2D eigenvalue weighted by molar-refractivity contribution is 5.76. The summed E-state index contributed by atoms with van der Waals surface area (Å²) in [5.41, 5.74) is 15.6. The van der Waals surface area contributed by atoms with Crippen molar-refractivity contribution in [2.75, 3.05) is 24.7 Å². The van der Waals surface area contributed by atoms with Crippen LogP contribution in [0.2, 0.25) is 0 Å². The van der Waals surface area contributed by atoms with Gasteiger partial charge in [0.15, 0.2) is 0 Å². The second kappa shape index (κ2) is 6.90. The van der Waals surface area contributed by atoms with Crippen LogP contribution in [0.5, 0.6) is 0 Å². The Morgan fingerprint density at radius 2 is 1.85 bits per heavy atom. The smallest absolute Gasteiger partial charge is 0.398 e. The normalized spacial score (nSPS) is 16.7. The van der Waals surface area contributed by atoms with Gasteiger partial charge >= 0.3 is 6.18 Å². The van der Waals surface area contributed by atoms with Crippen molar-refractivity contribution in [1.82, 2.24) is 4.90 Å². The number of nitrogens with zero attached hydrogens (tertiary/aromatic N) is 2. The molecule has 0 bridgehead atoms. The zero-order valence-electron chi connectivity index (χ0n) is 15.5. The van der Waals surface area contributed by atoms with Gasteiger partial charge in [0.1, 0.15) is 6.17 Å². The average molecular weight is 376 g/mol. The van der Waals surface area contributed by atoms with Crippen LogP contribution < -0.4 is 16.4 Å². The highest BCUT2D eigenvalue weighted by Crippen LogP contribution is 2.39. The third-order valence-electron chi connectivity index (χ3n) is 4.74. The number of hydrogen-bond donors (Lipinski definition) is 2. The number of nitrogens with two attached hydrogens (primary N) is 2. The van der Waals surface area contributed by atoms with E-state index in [2.05, 4.69) is 0 Å². The molecule has 0 fully saturated rings. The molecule has 27 heavy (non-hydrogen) atoms. The Morgan fingerprint density at radius 3 is 2.48 bits per heavy atom. The lowest BCUT2D eigenvalue weighted by atomic mass is 9.96. The first-order valence-corrected chi connectivity index (χ1v) is 8.55. The number of alkyl halides is 3. The number of hydrogen-bond acceptors (Lipinski definition) is 4. The summed E-state index contributed by atoms with van der Waals surface area (Å²) in [6.07, 6.45) is -1.58. The molecule has 1 aliphatic heterocycles. The van der Waals surface area contributed by atoms with E-state index in [9.17, 15) is 13.2 Å². The van der Waals surface area contributed by atoms with E-state index in [4.69, 9.17) is 11.5 Å². The van der Waals surface area contributed by atoms with Crippen LogP contribution in [-0.4, -0.2) is 19.0 Å². The molecule has 0 aromatic heterocycles. The predicted molar refractivity (Wildman–Crippen MR) is 103 cm³/mol. The topological polar surface area (TPSA) is 58.5 Å². The Bertz CT molecular complexity index is 888. The van der Waals surface area contributed by atoms with Gasteiger partial charge < -0.3 is 21.3 Å². The van der Waals surface area contributed by atoms with Gasteiger partial charge in [0.05, 0.1) is 5.56 Å². The van der Waals surface area contributed by atoms with Gasteiger partial charge in [-0.2, -0.15) is 13.2 Å². The summed E-state index contributed by atoms with van der Waals surface area (Å²) in [4.78, 5) is 3.34. The van der Waals surface area contributed by atoms with Crippen LogP contribution in [0.3, 0.4) is 0 Å². The molecule has 1 heterocycles. The monoisotopic (exact) mass is 376 g/mol. The van der Waals surface area contributed by atoms with Crippen LogP contribution in [0.1, 0.15) is 34.0 Å². The molecule has 1 aliphatic rings. The fourth-order valence-electron chi connectivity index (χ4n) is 3.32. The lowest BCUT2D eigenvalue weighted by Crippen LogP contribution is -2.33. The third-order valence-corrected chi connectivity index (χ3v) is 4.74. The Kier molecular flexibility index (Phi) is 4.92. The average Bonchev–Trinajstić information content (AvgIpc) is 2.58. The van der Waals surface area contributed by atoms with Crippen LogP contribution in [0.25, 0.3) is 6.08 Å². The molecule has 7 heteroatoms. The highest BCUT2D eigenvalue weighted by atomic mass is 19.4. The molecule has 144 valence electrons. The van der Waals surface area contributed by atoms with Crippen LogP contribution >= 0.6 is 0 Å². The minimum Gasteiger partial charge on any atom is -0.398 e. The van der Waals surface area contributed by atoms with Crippen molar-refractivity contribution in [3.05, 3.63) is 64.3 Å². The van der Waals surface area contributed by atoms with Crippen molar-refractivity contribution in [1.29, 1.82) is 0 Å². The molecule has 1 atom stereocenters. The van der Waals surface area contributed by atoms with Gasteiger partial charge in [-0.25, -0.2) is 0 Å². The van der Waals surface area contributed by atoms with E-state index >= 15 is 0 Å². The largest absolute Gasteiger partial charge is 0.416 e. The van der Waals surface area contributed by atoms with E-state index in [1.54, 1.807) is 42.2 Å². The molecule has 0 aliphatic carbocycles. The second-order valence-electron chi connectivity index (χ2n) is 7.04. The molecule has 0 spiro atoms. The molecule has 0 saturated heterocycles. The first-order chi connectivity index (χ1) is 12.6. The summed E-state index contributed by atoms with van der Waals surface area (Å²) in [6.45, 7) is 2.11. The van der Waals surface area contributed by atoms with Crippen molar-refractivity contribution >= 4 is 17.5 Å². The number of benzene rings is 2. The zero-order chi connectivity index (χ0) is 19.9. The molecule has 3 rings (SSSR count). The summed E-state index contributed by atoms with van der Waals surface area (Å²) in [7, 11) is 3.47. The first-order valence-electron chi connectivity index (χ1n) is 8.55. The molecule has 0 amide bonds. The van der Waals surface area contributed by atoms with Gasteiger partial charge in [-0.05, 0) is 55.9 Å². The Balaban J connectivity index is 2.04. The van der Waals surface area contributed by atoms with Crippen molar-refractivity contribution in [3.8, 4) is 0 Å². The van der Waals surface area contributed by atoms with Gasteiger partial charge in [0, 0.05) is 29.7 Å². The van der Waals surface area contributed by atoms with Gasteiger partial charge in [-0.1, -0.05) is 18.2 Å². The Labute approximate surface area is 156 Å². The summed E-state index contributed by atoms with van der Waals surface area (Å²) in [5.74, 6) is 0. The van der Waals surface area contributed by atoms with E-state index in [1.165, 1.54) is 6.07 Å². The van der Waals surface area contributed by atoms with Crippen LogP contribution in [0, 0.1) is 6.92 Å². The minimum atomic E-state index is -4.44. The summed E-state index contributed by atoms with van der Waals surface area (Å²) >= 11 is 0. The number of aryl methyl sites for hydroxylation is 1. The molecule has 0 radical (unpaired) electrons. The van der Waals surface area contributed by atoms with Crippen LogP contribution in [0.15, 0.2) is 36.5 Å². The summed E-state index contributed by atoms with van der Waals surface area (Å²) in [6, 6.07) is 8.07. The molecule has 2 aromatic carbocycles. The number of rotatable bonds is 3. The number of fused-ring (bicyclic) bond motifs is 1. The van der Waals surface area contributed by atoms with Gasteiger partial charge in [0.25, 0.3) is 0 Å². The molecule has 0 saturated carbocycles. The van der Waals surface area contributed by atoms with Crippen LogP contribution in [-0.2, 0) is 12.7 Å². The Morgan fingerprint density at radius 1 is 1.15 bits per heavy atom. The SMILES string of the molecule is Cc1ccc2c(c1N)C=CN(c1ccc(CN(C)C)c(C(F)(F)F)c1)C2N. The lowest BCUT2D eigenvalue weighted by molar-refractivity contribution is -0.138. The molecule has 1 unspecified atom stereocenters. The van der Waals surface area contributed by atoms with Gasteiger partial charge in [-0.3, -0.25) is 0 Å². The zero-order valence-corrected chi connectivity index (χ0v) is 15.5. The molecular weight excluding hydrogens is 353 g/mol. The van der Waals surface area contributed by atoms with E-state index in [0.29, 0.717) is 11.4 Å². The molecule has 4 N–H and O–H groups in total. The fraction of sp³-hybridized carbons (Fsp3) is 0.300. The van der Waals surface area contributed by atoms with Crippen molar-refractivity contribution in [2.24, 2.45) is 5.73 Å². The highest BCUT2D eigenvalue weighted by Gasteiger charge is 2.34. The minimum absolute atomic E-state index is 0.204. The number of halogens is 3. The van der Waals surface area contributed by atoms with Crippen molar-refractivity contribution < 1.29 is 13.2 Å². The maximum absolute atomic E-state index is 13.6. The second-order valence-corrected chi connectivity index (χ2v) is 7.04. The van der Waals surface area contributed by atoms with Gasteiger partial charge in [-0.15, -0.1) is 0 Å². The fourth-order valence-corrected chi connectivity index (χ4v) is 3.32. The van der Waals surface area contributed by atoms with E-state index in [-0.39, 0.29) is 12.1 Å². The predicted octanol–water partition coefficient (Wildman–Crippen LogP) is 4.11. The molecule has 2 aromatic rings. The number of nitrogen functional groups attached to an aromatic ring is 1. The maximum atomic E-state index is 13.6. The van der Waals surface area contributed by atoms with Crippen LogP contribution in [0.4, 0.5) is 24.5 Å². The van der Waals surface area contributed by atoms with Crippen molar-refractivity contribution in [3.63, 3.8) is 0 Å². The summed E-state index contributed by atoms with van der Waals surface area (Å²) < 4.78 is 40.7. The Hall–Kier alpha value is -2.51. The number of anilines is 2. The summed E-state index contributed by atoms with van der Waals surface area (Å²) in [5, 5.41) is 0. The molecule has 4 nitrogen and oxygen atoms in total. The van der Waals surface area contributed by atoms with E-state index < -0.39 is 17.9 Å². The lowest BCUT2D eigenvalue weighted by Gasteiger charge is -2.33. The first kappa shape index (κ1) is 19.3. The van der Waals surface area contributed by atoms with Crippen molar-refractivity contribution in [2.45, 2.75) is 25.8 Å². The van der Waals surface area contributed by atoms with E-state index in [1.807, 2.05) is 19.1 Å². The standard InChI is InChI=1S/C20H23F3N4/c1-12-4-7-16-15(18(12)24)8-9-27(19(16)25)14-6-5-13(11-26(2)3)17(10-14)20(21,22)23/h4-10,19H,11,24-25H2,1-3H3. The molecular formula is C20H23F3N4. The third kappa shape index (κ3) is 3.65. The quantitative estimate of drug-likeness (QED) is 0.792. The maximum Gasteiger partial charge on any atom is 0.416 e.